The first-order valence-corrected chi connectivity index (χ1v) is 12.9. The molecule has 2 aromatic rings. The lowest BCUT2D eigenvalue weighted by Crippen LogP contribution is -2.51. The van der Waals surface area contributed by atoms with E-state index in [1.54, 1.807) is 14.2 Å². The average Bonchev–Trinajstić information content (AvgIpc) is 2.95. The van der Waals surface area contributed by atoms with Crippen molar-refractivity contribution >= 4 is 5.69 Å². The molecule has 2 heterocycles. The molecule has 9 heteroatoms. The molecule has 204 valence electrons. The van der Waals surface area contributed by atoms with Crippen molar-refractivity contribution in [2.24, 2.45) is 0 Å². The summed E-state index contributed by atoms with van der Waals surface area (Å²) < 4.78 is 42.6. The van der Waals surface area contributed by atoms with E-state index in [2.05, 4.69) is 16.3 Å². The zero-order valence-electron chi connectivity index (χ0n) is 21.7. The molecule has 0 aliphatic carbocycles. The predicted molar refractivity (Wildman–Crippen MR) is 140 cm³/mol. The number of anilines is 1. The first kappa shape index (κ1) is 27.6. The van der Waals surface area contributed by atoms with Gasteiger partial charge in [-0.2, -0.15) is 0 Å². The van der Waals surface area contributed by atoms with Gasteiger partial charge in [-0.25, -0.2) is 4.39 Å². The quantitative estimate of drug-likeness (QED) is 0.392. The molecule has 4 rings (SSSR count). The molecular formula is C28H39FN2O6. The van der Waals surface area contributed by atoms with E-state index in [1.807, 2.05) is 36.4 Å². The molecule has 1 saturated heterocycles. The van der Waals surface area contributed by atoms with E-state index in [0.29, 0.717) is 26.3 Å². The van der Waals surface area contributed by atoms with Gasteiger partial charge < -0.3 is 39.0 Å². The molecular weight excluding hydrogens is 479 g/mol. The van der Waals surface area contributed by atoms with Crippen molar-refractivity contribution in [1.82, 2.24) is 5.32 Å². The van der Waals surface area contributed by atoms with Crippen LogP contribution in [0.2, 0.25) is 0 Å². The second-order valence-corrected chi connectivity index (χ2v) is 9.44. The van der Waals surface area contributed by atoms with Gasteiger partial charge in [-0.1, -0.05) is 18.2 Å². The summed E-state index contributed by atoms with van der Waals surface area (Å²) >= 11 is 0. The maximum absolute atomic E-state index is 13.8. The number of halogens is 1. The van der Waals surface area contributed by atoms with Crippen LogP contribution in [0.4, 0.5) is 10.1 Å². The number of aliphatic hydroxyl groups excluding tert-OH is 1. The third kappa shape index (κ3) is 7.33. The fourth-order valence-electron chi connectivity index (χ4n) is 4.97. The van der Waals surface area contributed by atoms with Crippen LogP contribution in [0, 0.1) is 0 Å². The number of ether oxygens (including phenoxy) is 5. The van der Waals surface area contributed by atoms with E-state index in [4.69, 9.17) is 28.8 Å². The third-order valence-corrected chi connectivity index (χ3v) is 6.91. The van der Waals surface area contributed by atoms with Gasteiger partial charge in [-0.05, 0) is 41.8 Å². The summed E-state index contributed by atoms with van der Waals surface area (Å²) in [7, 11) is 3.36. The Hall–Kier alpha value is -2.43. The number of piperidine rings is 1. The molecule has 1 unspecified atom stereocenters. The number of rotatable bonds is 13. The lowest BCUT2D eigenvalue weighted by molar-refractivity contribution is -0.0728. The number of hydrogen-bond acceptors (Lipinski definition) is 8. The van der Waals surface area contributed by atoms with Crippen LogP contribution in [0.15, 0.2) is 42.5 Å². The van der Waals surface area contributed by atoms with Crippen LogP contribution in [0.25, 0.3) is 0 Å². The van der Waals surface area contributed by atoms with E-state index in [0.717, 1.165) is 54.4 Å². The summed E-state index contributed by atoms with van der Waals surface area (Å²) in [6.45, 7) is 4.07. The van der Waals surface area contributed by atoms with Gasteiger partial charge in [-0.15, -0.1) is 0 Å². The number of benzene rings is 2. The first-order chi connectivity index (χ1) is 18.1. The van der Waals surface area contributed by atoms with E-state index in [-0.39, 0.29) is 24.7 Å². The number of hydrogen-bond donors (Lipinski definition) is 2. The number of alkyl halides is 1. The fourth-order valence-corrected chi connectivity index (χ4v) is 4.97. The summed E-state index contributed by atoms with van der Waals surface area (Å²) in [5.74, 6) is 1.55. The molecule has 0 aromatic heterocycles. The molecule has 0 spiro atoms. The Morgan fingerprint density at radius 3 is 2.62 bits per heavy atom. The minimum absolute atomic E-state index is 0.107. The minimum atomic E-state index is -1.41. The van der Waals surface area contributed by atoms with Crippen LogP contribution in [-0.4, -0.2) is 90.3 Å². The molecule has 37 heavy (non-hydrogen) atoms. The van der Waals surface area contributed by atoms with Crippen molar-refractivity contribution in [3.05, 3.63) is 53.6 Å². The topological polar surface area (TPSA) is 81.7 Å². The molecule has 0 bridgehead atoms. The largest absolute Gasteiger partial charge is 0.497 e. The van der Waals surface area contributed by atoms with Gasteiger partial charge >= 0.3 is 0 Å². The van der Waals surface area contributed by atoms with Gasteiger partial charge in [0, 0.05) is 39.3 Å². The maximum atomic E-state index is 13.8. The highest BCUT2D eigenvalue weighted by Crippen LogP contribution is 2.35. The Labute approximate surface area is 218 Å². The highest BCUT2D eigenvalue weighted by Gasteiger charge is 2.36. The smallest absolute Gasteiger partial charge is 0.146 e. The highest BCUT2D eigenvalue weighted by molar-refractivity contribution is 5.61. The first-order valence-electron chi connectivity index (χ1n) is 12.9. The SMILES string of the molecule is COCCCN1CCOc2ccc(COC3CNC[C@@H](OC[C@H](F)CO)[C@@H]3c3ccc(OC)cc3)cc21. The van der Waals surface area contributed by atoms with Crippen LogP contribution < -0.4 is 19.7 Å². The van der Waals surface area contributed by atoms with Crippen molar-refractivity contribution in [1.29, 1.82) is 0 Å². The summed E-state index contributed by atoms with van der Waals surface area (Å²) in [6.07, 6.45) is -0.956. The molecule has 4 atom stereocenters. The van der Waals surface area contributed by atoms with Crippen LogP contribution in [0.3, 0.4) is 0 Å². The van der Waals surface area contributed by atoms with Crippen LogP contribution in [0.5, 0.6) is 11.5 Å². The Bertz CT molecular complexity index is 962. The second kappa shape index (κ2) is 13.9. The molecule has 0 radical (unpaired) electrons. The number of nitrogens with one attached hydrogen (secondary N) is 1. The third-order valence-electron chi connectivity index (χ3n) is 6.91. The Morgan fingerprint density at radius 1 is 1.11 bits per heavy atom. The van der Waals surface area contributed by atoms with E-state index in [1.165, 1.54) is 0 Å². The van der Waals surface area contributed by atoms with E-state index in [9.17, 15) is 4.39 Å². The monoisotopic (exact) mass is 518 g/mol. The van der Waals surface area contributed by atoms with Gasteiger partial charge in [-0.3, -0.25) is 0 Å². The molecule has 2 aromatic carbocycles. The Kier molecular flexibility index (Phi) is 10.4. The number of methoxy groups -OCH3 is 2. The van der Waals surface area contributed by atoms with Crippen LogP contribution >= 0.6 is 0 Å². The number of fused-ring (bicyclic) bond motifs is 1. The summed E-state index contributed by atoms with van der Waals surface area (Å²) in [5, 5.41) is 12.5. The summed E-state index contributed by atoms with van der Waals surface area (Å²) in [4.78, 5) is 2.34. The molecule has 2 N–H and O–H groups in total. The van der Waals surface area contributed by atoms with Gasteiger partial charge in [0.25, 0.3) is 0 Å². The Morgan fingerprint density at radius 2 is 1.89 bits per heavy atom. The molecule has 0 saturated carbocycles. The van der Waals surface area contributed by atoms with Crippen LogP contribution in [0.1, 0.15) is 23.5 Å². The molecule has 0 amide bonds. The van der Waals surface area contributed by atoms with Crippen LogP contribution in [-0.2, 0) is 20.8 Å². The zero-order chi connectivity index (χ0) is 26.0. The number of nitrogens with zero attached hydrogens (tertiary/aromatic N) is 1. The minimum Gasteiger partial charge on any atom is -0.497 e. The molecule has 1 fully saturated rings. The molecule has 2 aliphatic rings. The summed E-state index contributed by atoms with van der Waals surface area (Å²) in [6, 6.07) is 14.0. The molecule has 8 nitrogen and oxygen atoms in total. The fraction of sp³-hybridized carbons (Fsp3) is 0.571. The van der Waals surface area contributed by atoms with E-state index >= 15 is 0 Å². The maximum Gasteiger partial charge on any atom is 0.146 e. The van der Waals surface area contributed by atoms with Crippen molar-refractivity contribution in [3.8, 4) is 11.5 Å². The number of aliphatic hydroxyl groups is 1. The molecule has 2 aliphatic heterocycles. The van der Waals surface area contributed by atoms with Gasteiger partial charge in [0.15, 0.2) is 0 Å². The normalized spacial score (nSPS) is 22.3. The lowest BCUT2D eigenvalue weighted by Gasteiger charge is -2.39. The second-order valence-electron chi connectivity index (χ2n) is 9.44. The highest BCUT2D eigenvalue weighted by atomic mass is 19.1. The standard InChI is InChI=1S/C28H39FN2O6/c1-33-12-3-10-31-11-13-35-25-9-4-20(14-24(25)31)18-36-26-15-30-16-27(37-19-22(29)17-32)28(26)21-5-7-23(34-2)8-6-21/h4-9,14,22,26-28,30,32H,3,10-13,15-19H2,1-2H3/t22-,26?,27-,28-/m1/s1. The van der Waals surface area contributed by atoms with Crippen molar-refractivity contribution < 1.29 is 33.2 Å². The van der Waals surface area contributed by atoms with Gasteiger partial charge in [0.1, 0.15) is 24.3 Å². The average molecular weight is 519 g/mol. The van der Waals surface area contributed by atoms with Crippen molar-refractivity contribution in [2.75, 3.05) is 71.7 Å². The van der Waals surface area contributed by atoms with Crippen molar-refractivity contribution in [2.45, 2.75) is 37.3 Å². The Balaban J connectivity index is 1.48. The lowest BCUT2D eigenvalue weighted by atomic mass is 9.85. The van der Waals surface area contributed by atoms with Crippen molar-refractivity contribution in [3.63, 3.8) is 0 Å². The summed E-state index contributed by atoms with van der Waals surface area (Å²) in [5.41, 5.74) is 3.18. The van der Waals surface area contributed by atoms with Gasteiger partial charge in [0.2, 0.25) is 0 Å². The zero-order valence-corrected chi connectivity index (χ0v) is 21.7. The van der Waals surface area contributed by atoms with E-state index < -0.39 is 12.8 Å². The predicted octanol–water partition coefficient (Wildman–Crippen LogP) is 2.92. The van der Waals surface area contributed by atoms with Gasteiger partial charge in [0.05, 0.1) is 51.4 Å².